The fourth-order valence-corrected chi connectivity index (χ4v) is 2.02. The largest absolute Gasteiger partial charge is 0.486 e. The molecule has 19 heavy (non-hydrogen) atoms. The average molecular weight is 257 g/mol. The van der Waals surface area contributed by atoms with Crippen LogP contribution < -0.4 is 15.2 Å². The Morgan fingerprint density at radius 1 is 0.947 bits per heavy atom. The third kappa shape index (κ3) is 2.76. The zero-order chi connectivity index (χ0) is 13.1. The van der Waals surface area contributed by atoms with Crippen LogP contribution >= 0.6 is 0 Å². The minimum Gasteiger partial charge on any atom is -0.486 e. The molecule has 98 valence electrons. The summed E-state index contributed by atoms with van der Waals surface area (Å²) in [4.78, 5) is 0. The van der Waals surface area contributed by atoms with Crippen molar-refractivity contribution in [2.45, 2.75) is 12.8 Å². The van der Waals surface area contributed by atoms with Crippen LogP contribution in [0.25, 0.3) is 0 Å². The van der Waals surface area contributed by atoms with Crippen LogP contribution in [0.2, 0.25) is 0 Å². The number of benzene rings is 1. The van der Waals surface area contributed by atoms with E-state index in [2.05, 4.69) is 16.3 Å². The summed E-state index contributed by atoms with van der Waals surface area (Å²) in [7, 11) is 0. The Labute approximate surface area is 111 Å². The minimum absolute atomic E-state index is 0.447. The van der Waals surface area contributed by atoms with Gasteiger partial charge in [-0.05, 0) is 42.7 Å². The molecular formula is C14H15N3O2. The number of nitrogens with two attached hydrogens (primary N) is 1. The molecule has 2 heterocycles. The summed E-state index contributed by atoms with van der Waals surface area (Å²) in [6.07, 6.45) is 1.71. The van der Waals surface area contributed by atoms with Gasteiger partial charge in [-0.3, -0.25) is 0 Å². The Hall–Kier alpha value is -2.30. The normalized spacial score (nSPS) is 13.3. The average Bonchev–Trinajstić information content (AvgIpc) is 2.46. The van der Waals surface area contributed by atoms with Crippen LogP contribution in [0.1, 0.15) is 11.3 Å². The third-order valence-corrected chi connectivity index (χ3v) is 3.02. The maximum Gasteiger partial charge on any atom is 0.161 e. The van der Waals surface area contributed by atoms with Crippen molar-refractivity contribution in [3.05, 3.63) is 41.6 Å². The fraction of sp³-hybridized carbons (Fsp3) is 0.286. The van der Waals surface area contributed by atoms with Crippen molar-refractivity contribution in [3.8, 4) is 11.5 Å². The molecule has 0 aliphatic carbocycles. The van der Waals surface area contributed by atoms with Crippen molar-refractivity contribution in [2.24, 2.45) is 0 Å². The lowest BCUT2D eigenvalue weighted by Gasteiger charge is -2.18. The number of fused-ring (bicyclic) bond motifs is 1. The van der Waals surface area contributed by atoms with Crippen molar-refractivity contribution in [1.82, 2.24) is 10.2 Å². The Morgan fingerprint density at radius 2 is 1.79 bits per heavy atom. The van der Waals surface area contributed by atoms with E-state index in [9.17, 15) is 0 Å². The smallest absolute Gasteiger partial charge is 0.161 e. The van der Waals surface area contributed by atoms with Gasteiger partial charge in [-0.1, -0.05) is 6.07 Å². The van der Waals surface area contributed by atoms with Crippen molar-refractivity contribution in [3.63, 3.8) is 0 Å². The van der Waals surface area contributed by atoms with Gasteiger partial charge in [0.05, 0.1) is 5.69 Å². The van der Waals surface area contributed by atoms with E-state index in [4.69, 9.17) is 15.2 Å². The van der Waals surface area contributed by atoms with Crippen LogP contribution in [0, 0.1) is 0 Å². The second kappa shape index (κ2) is 5.14. The number of ether oxygens (including phenoxy) is 2. The summed E-state index contributed by atoms with van der Waals surface area (Å²) in [5.41, 5.74) is 7.64. The molecule has 0 bridgehead atoms. The zero-order valence-electron chi connectivity index (χ0n) is 10.5. The molecule has 1 aromatic carbocycles. The highest BCUT2D eigenvalue weighted by atomic mass is 16.6. The van der Waals surface area contributed by atoms with E-state index in [0.29, 0.717) is 19.0 Å². The minimum atomic E-state index is 0.447. The number of nitrogen functional groups attached to an aromatic ring is 1. The maximum absolute atomic E-state index is 5.56. The van der Waals surface area contributed by atoms with E-state index in [0.717, 1.165) is 30.0 Å². The van der Waals surface area contributed by atoms with Crippen LogP contribution in [0.5, 0.6) is 11.5 Å². The van der Waals surface area contributed by atoms with Crippen molar-refractivity contribution >= 4 is 5.82 Å². The van der Waals surface area contributed by atoms with Gasteiger partial charge in [-0.25, -0.2) is 0 Å². The first-order valence-electron chi connectivity index (χ1n) is 6.28. The Bertz CT molecular complexity index is 569. The highest BCUT2D eigenvalue weighted by Gasteiger charge is 2.11. The topological polar surface area (TPSA) is 70.3 Å². The molecule has 0 fully saturated rings. The Kier molecular flexibility index (Phi) is 3.18. The number of anilines is 1. The van der Waals surface area contributed by atoms with E-state index in [1.807, 2.05) is 18.2 Å². The second-order valence-corrected chi connectivity index (χ2v) is 4.43. The van der Waals surface area contributed by atoms with E-state index < -0.39 is 0 Å². The summed E-state index contributed by atoms with van der Waals surface area (Å²) in [6, 6.07) is 9.71. The first kappa shape index (κ1) is 11.8. The number of hydrogen-bond donors (Lipinski definition) is 1. The highest BCUT2D eigenvalue weighted by molar-refractivity contribution is 5.44. The first-order chi connectivity index (χ1) is 9.31. The maximum atomic E-state index is 5.56. The lowest BCUT2D eigenvalue weighted by atomic mass is 10.1. The standard InChI is InChI=1S/C14H15N3O2/c15-14-6-4-11(16-17-14)3-1-10-2-5-12-13(9-10)19-8-7-18-12/h2,4-6,9H,1,3,7-8H2,(H2,15,17). The van der Waals surface area contributed by atoms with Gasteiger partial charge in [0.1, 0.15) is 19.0 Å². The van der Waals surface area contributed by atoms with Gasteiger partial charge in [0.25, 0.3) is 0 Å². The molecule has 5 nitrogen and oxygen atoms in total. The molecule has 1 aliphatic rings. The lowest BCUT2D eigenvalue weighted by Crippen LogP contribution is -2.15. The van der Waals surface area contributed by atoms with Gasteiger partial charge < -0.3 is 15.2 Å². The molecule has 3 rings (SSSR count). The van der Waals surface area contributed by atoms with Gasteiger partial charge in [0.15, 0.2) is 11.5 Å². The van der Waals surface area contributed by atoms with Gasteiger partial charge in [0.2, 0.25) is 0 Å². The molecule has 2 aromatic rings. The summed E-state index contributed by atoms with van der Waals surface area (Å²) >= 11 is 0. The quantitative estimate of drug-likeness (QED) is 0.904. The summed E-state index contributed by atoms with van der Waals surface area (Å²) in [5, 5.41) is 7.89. The molecule has 1 aromatic heterocycles. The molecule has 0 amide bonds. The fourth-order valence-electron chi connectivity index (χ4n) is 2.02. The van der Waals surface area contributed by atoms with Gasteiger partial charge >= 0.3 is 0 Å². The number of aryl methyl sites for hydroxylation is 2. The Balaban J connectivity index is 1.68. The van der Waals surface area contributed by atoms with Gasteiger partial charge in [-0.2, -0.15) is 5.10 Å². The first-order valence-corrected chi connectivity index (χ1v) is 6.28. The third-order valence-electron chi connectivity index (χ3n) is 3.02. The molecule has 0 saturated heterocycles. The van der Waals surface area contributed by atoms with E-state index in [1.54, 1.807) is 6.07 Å². The number of aromatic nitrogens is 2. The van der Waals surface area contributed by atoms with Crippen LogP contribution in [0.3, 0.4) is 0 Å². The van der Waals surface area contributed by atoms with Crippen LogP contribution in [0.4, 0.5) is 5.82 Å². The molecule has 0 saturated carbocycles. The predicted molar refractivity (Wildman–Crippen MR) is 71.3 cm³/mol. The summed E-state index contributed by atoms with van der Waals surface area (Å²) < 4.78 is 11.1. The summed E-state index contributed by atoms with van der Waals surface area (Å²) in [5.74, 6) is 2.09. The second-order valence-electron chi connectivity index (χ2n) is 4.43. The predicted octanol–water partition coefficient (Wildman–Crippen LogP) is 1.62. The number of nitrogens with zero attached hydrogens (tertiary/aromatic N) is 2. The molecule has 0 spiro atoms. The van der Waals surface area contributed by atoms with E-state index in [-0.39, 0.29) is 0 Å². The molecule has 0 unspecified atom stereocenters. The zero-order valence-corrected chi connectivity index (χ0v) is 10.5. The summed E-state index contributed by atoms with van der Waals surface area (Å²) in [6.45, 7) is 1.23. The monoisotopic (exact) mass is 257 g/mol. The SMILES string of the molecule is Nc1ccc(CCc2ccc3c(c2)OCCO3)nn1. The van der Waals surface area contributed by atoms with Gasteiger partial charge in [0, 0.05) is 0 Å². The lowest BCUT2D eigenvalue weighted by molar-refractivity contribution is 0.171. The highest BCUT2D eigenvalue weighted by Crippen LogP contribution is 2.31. The van der Waals surface area contributed by atoms with Crippen molar-refractivity contribution < 1.29 is 9.47 Å². The van der Waals surface area contributed by atoms with Crippen LogP contribution in [-0.2, 0) is 12.8 Å². The molecule has 0 atom stereocenters. The molecular weight excluding hydrogens is 242 g/mol. The van der Waals surface area contributed by atoms with Crippen LogP contribution in [0.15, 0.2) is 30.3 Å². The molecule has 5 heteroatoms. The number of rotatable bonds is 3. The molecule has 0 radical (unpaired) electrons. The van der Waals surface area contributed by atoms with Crippen molar-refractivity contribution in [2.75, 3.05) is 18.9 Å². The van der Waals surface area contributed by atoms with Gasteiger partial charge in [-0.15, -0.1) is 5.10 Å². The molecule has 2 N–H and O–H groups in total. The number of hydrogen-bond acceptors (Lipinski definition) is 5. The Morgan fingerprint density at radius 3 is 2.58 bits per heavy atom. The van der Waals surface area contributed by atoms with E-state index >= 15 is 0 Å². The van der Waals surface area contributed by atoms with Crippen LogP contribution in [-0.4, -0.2) is 23.4 Å². The molecule has 1 aliphatic heterocycles. The van der Waals surface area contributed by atoms with Crippen molar-refractivity contribution in [1.29, 1.82) is 0 Å². The van der Waals surface area contributed by atoms with E-state index in [1.165, 1.54) is 5.56 Å².